The molecule has 2 rings (SSSR count). The van der Waals surface area contributed by atoms with Crippen molar-refractivity contribution in [1.82, 2.24) is 4.90 Å². The summed E-state index contributed by atoms with van der Waals surface area (Å²) in [6, 6.07) is 5.45. The van der Waals surface area contributed by atoms with Crippen molar-refractivity contribution in [3.8, 4) is 5.75 Å². The summed E-state index contributed by atoms with van der Waals surface area (Å²) in [5.74, 6) is 0.580. The van der Waals surface area contributed by atoms with Crippen LogP contribution in [0.2, 0.25) is 0 Å². The molecule has 1 aromatic carbocycles. The van der Waals surface area contributed by atoms with Crippen molar-refractivity contribution in [2.45, 2.75) is 38.7 Å². The van der Waals surface area contributed by atoms with Crippen molar-refractivity contribution in [3.63, 3.8) is 0 Å². The molecule has 1 unspecified atom stereocenters. The van der Waals surface area contributed by atoms with Crippen molar-refractivity contribution in [1.29, 1.82) is 0 Å². The molecule has 21 heavy (non-hydrogen) atoms. The fourth-order valence-electron chi connectivity index (χ4n) is 2.53. The van der Waals surface area contributed by atoms with Crippen LogP contribution in [-0.2, 0) is 4.79 Å². The molecule has 1 saturated heterocycles. The lowest BCUT2D eigenvalue weighted by atomic mass is 10.1. The van der Waals surface area contributed by atoms with Gasteiger partial charge in [-0.25, -0.2) is 0 Å². The lowest BCUT2D eigenvalue weighted by Gasteiger charge is -2.21. The normalized spacial score (nSPS) is 17.2. The fraction of sp³-hybridized carbons (Fsp3) is 0.562. The third-order valence-corrected chi connectivity index (χ3v) is 4.23. The number of halogens is 1. The highest BCUT2D eigenvalue weighted by atomic mass is 79.9. The van der Waals surface area contributed by atoms with E-state index in [4.69, 9.17) is 4.74 Å². The molecule has 1 fully saturated rings. The first-order valence-corrected chi connectivity index (χ1v) is 8.25. The van der Waals surface area contributed by atoms with E-state index in [2.05, 4.69) is 15.9 Å². The molecule has 4 nitrogen and oxygen atoms in total. The average Bonchev–Trinajstić information content (AvgIpc) is 2.73. The predicted molar refractivity (Wildman–Crippen MR) is 85.3 cm³/mol. The number of benzene rings is 1. The molecule has 5 heteroatoms. The summed E-state index contributed by atoms with van der Waals surface area (Å²) in [4.78, 5) is 14.1. The Morgan fingerprint density at radius 2 is 2.00 bits per heavy atom. The van der Waals surface area contributed by atoms with Crippen LogP contribution >= 0.6 is 15.9 Å². The summed E-state index contributed by atoms with van der Waals surface area (Å²) in [5, 5.41) is 9.76. The van der Waals surface area contributed by atoms with E-state index in [0.29, 0.717) is 11.3 Å². The average molecular weight is 356 g/mol. The number of likely N-dealkylation sites (tertiary alicyclic amines) is 1. The van der Waals surface area contributed by atoms with Crippen LogP contribution in [0.25, 0.3) is 0 Å². The third-order valence-electron chi connectivity index (χ3n) is 3.74. The van der Waals surface area contributed by atoms with Crippen molar-refractivity contribution in [2.75, 3.05) is 19.7 Å². The summed E-state index contributed by atoms with van der Waals surface area (Å²) >= 11 is 3.38. The Hall–Kier alpha value is -1.07. The van der Waals surface area contributed by atoms with Gasteiger partial charge < -0.3 is 14.7 Å². The van der Waals surface area contributed by atoms with Gasteiger partial charge in [0.25, 0.3) is 5.91 Å². The van der Waals surface area contributed by atoms with E-state index in [1.807, 2.05) is 11.0 Å². The molecule has 1 atom stereocenters. The topological polar surface area (TPSA) is 49.8 Å². The number of nitrogens with zero attached hydrogens (tertiary/aromatic N) is 1. The minimum Gasteiger partial charge on any atom is -0.483 e. The second-order valence-electron chi connectivity index (χ2n) is 5.44. The standard InChI is InChI=1S/C16H22BrNO3/c1-12(19)14-7-6-13(17)10-15(14)21-11-16(20)18-8-4-2-3-5-9-18/h6-7,10,12,19H,2-5,8-9,11H2,1H3. The van der Waals surface area contributed by atoms with Gasteiger partial charge in [0.1, 0.15) is 5.75 Å². The first kappa shape index (κ1) is 16.3. The van der Waals surface area contributed by atoms with Gasteiger partial charge >= 0.3 is 0 Å². The maximum absolute atomic E-state index is 12.2. The first-order chi connectivity index (χ1) is 10.1. The van der Waals surface area contributed by atoms with Crippen LogP contribution in [0.15, 0.2) is 22.7 Å². The second kappa shape index (κ2) is 7.80. The quantitative estimate of drug-likeness (QED) is 0.901. The molecule has 1 aliphatic rings. The van der Waals surface area contributed by atoms with Gasteiger partial charge in [0, 0.05) is 23.1 Å². The van der Waals surface area contributed by atoms with Crippen molar-refractivity contribution >= 4 is 21.8 Å². The van der Waals surface area contributed by atoms with Crippen LogP contribution < -0.4 is 4.74 Å². The van der Waals surface area contributed by atoms with Gasteiger partial charge in [0.15, 0.2) is 6.61 Å². The van der Waals surface area contributed by atoms with Gasteiger partial charge in [0.05, 0.1) is 6.10 Å². The molecule has 0 bridgehead atoms. The Morgan fingerprint density at radius 3 is 2.62 bits per heavy atom. The zero-order valence-corrected chi connectivity index (χ0v) is 13.9. The molecular formula is C16H22BrNO3. The highest BCUT2D eigenvalue weighted by Gasteiger charge is 2.17. The largest absolute Gasteiger partial charge is 0.483 e. The number of carbonyl (C=O) groups excluding carboxylic acids is 1. The molecule has 0 spiro atoms. The Kier molecular flexibility index (Phi) is 6.06. The zero-order valence-electron chi connectivity index (χ0n) is 12.3. The lowest BCUT2D eigenvalue weighted by Crippen LogP contribution is -2.35. The van der Waals surface area contributed by atoms with Crippen LogP contribution in [-0.4, -0.2) is 35.6 Å². The number of hydrogen-bond acceptors (Lipinski definition) is 3. The van der Waals surface area contributed by atoms with E-state index in [1.165, 1.54) is 12.8 Å². The fourth-order valence-corrected chi connectivity index (χ4v) is 2.87. The van der Waals surface area contributed by atoms with Crippen molar-refractivity contribution in [3.05, 3.63) is 28.2 Å². The maximum Gasteiger partial charge on any atom is 0.260 e. The number of carbonyl (C=O) groups is 1. The molecule has 1 amide bonds. The minimum absolute atomic E-state index is 0.0217. The van der Waals surface area contributed by atoms with Gasteiger partial charge in [0.2, 0.25) is 0 Å². The Morgan fingerprint density at radius 1 is 1.33 bits per heavy atom. The molecule has 1 aliphatic heterocycles. The summed E-state index contributed by atoms with van der Waals surface area (Å²) in [6.45, 7) is 3.36. The lowest BCUT2D eigenvalue weighted by molar-refractivity contribution is -0.133. The number of ether oxygens (including phenoxy) is 1. The van der Waals surface area contributed by atoms with Gasteiger partial charge in [-0.15, -0.1) is 0 Å². The number of amides is 1. The summed E-state index contributed by atoms with van der Waals surface area (Å²) < 4.78 is 6.52. The zero-order chi connectivity index (χ0) is 15.2. The molecule has 0 aliphatic carbocycles. The first-order valence-electron chi connectivity index (χ1n) is 7.46. The minimum atomic E-state index is -0.624. The number of aliphatic hydroxyl groups is 1. The van der Waals surface area contributed by atoms with Crippen molar-refractivity contribution < 1.29 is 14.6 Å². The molecule has 0 aromatic heterocycles. The summed E-state index contributed by atoms with van der Waals surface area (Å²) in [6.07, 6.45) is 3.91. The monoisotopic (exact) mass is 355 g/mol. The van der Waals surface area contributed by atoms with E-state index in [-0.39, 0.29) is 12.5 Å². The van der Waals surface area contributed by atoms with Gasteiger partial charge in [-0.3, -0.25) is 4.79 Å². The predicted octanol–water partition coefficient (Wildman–Crippen LogP) is 3.28. The van der Waals surface area contributed by atoms with E-state index in [1.54, 1.807) is 19.1 Å². The molecule has 1 heterocycles. The van der Waals surface area contributed by atoms with Crippen LogP contribution in [0.4, 0.5) is 0 Å². The second-order valence-corrected chi connectivity index (χ2v) is 6.36. The molecule has 116 valence electrons. The Balaban J connectivity index is 1.98. The third kappa shape index (κ3) is 4.71. The van der Waals surface area contributed by atoms with Crippen molar-refractivity contribution in [2.24, 2.45) is 0 Å². The summed E-state index contributed by atoms with van der Waals surface area (Å²) in [5.41, 5.74) is 0.696. The molecular weight excluding hydrogens is 334 g/mol. The number of rotatable bonds is 4. The van der Waals surface area contributed by atoms with Crippen LogP contribution in [0, 0.1) is 0 Å². The maximum atomic E-state index is 12.2. The SMILES string of the molecule is CC(O)c1ccc(Br)cc1OCC(=O)N1CCCCCC1. The summed E-state index contributed by atoms with van der Waals surface area (Å²) in [7, 11) is 0. The highest BCUT2D eigenvalue weighted by molar-refractivity contribution is 9.10. The highest BCUT2D eigenvalue weighted by Crippen LogP contribution is 2.28. The Bertz CT molecular complexity index is 482. The van der Waals surface area contributed by atoms with Gasteiger partial charge in [-0.05, 0) is 31.9 Å². The molecule has 1 N–H and O–H groups in total. The van der Waals surface area contributed by atoms with Crippen LogP contribution in [0.5, 0.6) is 5.75 Å². The Labute approximate surface area is 134 Å². The van der Waals surface area contributed by atoms with Crippen LogP contribution in [0.3, 0.4) is 0 Å². The van der Waals surface area contributed by atoms with E-state index >= 15 is 0 Å². The smallest absolute Gasteiger partial charge is 0.260 e. The number of hydrogen-bond donors (Lipinski definition) is 1. The number of aliphatic hydroxyl groups excluding tert-OH is 1. The van der Waals surface area contributed by atoms with E-state index in [0.717, 1.165) is 30.4 Å². The van der Waals surface area contributed by atoms with Gasteiger partial charge in [-0.1, -0.05) is 34.8 Å². The van der Waals surface area contributed by atoms with E-state index in [9.17, 15) is 9.90 Å². The van der Waals surface area contributed by atoms with E-state index < -0.39 is 6.10 Å². The van der Waals surface area contributed by atoms with Gasteiger partial charge in [-0.2, -0.15) is 0 Å². The molecule has 0 radical (unpaired) electrons. The van der Waals surface area contributed by atoms with Crippen LogP contribution in [0.1, 0.15) is 44.3 Å². The molecule has 0 saturated carbocycles. The molecule has 1 aromatic rings.